The van der Waals surface area contributed by atoms with E-state index in [1.807, 2.05) is 6.07 Å². The lowest BCUT2D eigenvalue weighted by Crippen LogP contribution is -2.45. The highest BCUT2D eigenvalue weighted by Crippen LogP contribution is 2.62. The lowest BCUT2D eigenvalue weighted by atomic mass is 9.55. The minimum absolute atomic E-state index is 0.00474. The van der Waals surface area contributed by atoms with Gasteiger partial charge in [0.1, 0.15) is 5.75 Å². The maximum Gasteiger partial charge on any atom is 0.471 e. The molecule has 13 nitrogen and oxygen atoms in total. The number of hydrogen-bond donors (Lipinski definition) is 4. The minimum atomic E-state index is -4.75. The van der Waals surface area contributed by atoms with Gasteiger partial charge in [0.2, 0.25) is 17.4 Å². The molecule has 2 saturated carbocycles. The summed E-state index contributed by atoms with van der Waals surface area (Å²) in [5.74, 6) is -5.73. The van der Waals surface area contributed by atoms with Gasteiger partial charge in [-0.25, -0.2) is 17.9 Å². The highest BCUT2D eigenvalue weighted by atomic mass is 33.1. The van der Waals surface area contributed by atoms with Gasteiger partial charge in [0.15, 0.2) is 17.2 Å². The summed E-state index contributed by atoms with van der Waals surface area (Å²) in [5.41, 5.74) is -0.996. The molecule has 0 radical (unpaired) electrons. The topological polar surface area (TPSA) is 171 Å². The van der Waals surface area contributed by atoms with Gasteiger partial charge in [-0.15, -0.1) is 0 Å². The summed E-state index contributed by atoms with van der Waals surface area (Å²) in [6, 6.07) is 5.14. The molecule has 7 atom stereocenters. The third-order valence-electron chi connectivity index (χ3n) is 13.3. The van der Waals surface area contributed by atoms with Gasteiger partial charge in [0.25, 0.3) is 0 Å². The molecule has 388 valence electrons. The summed E-state index contributed by atoms with van der Waals surface area (Å²) in [5, 5.41) is 2.83. The molecule has 2 fully saturated rings. The number of phosphoric acid groups is 2. The molecular formula is C44H64F7NO12P2S2. The number of ether oxygens (including phenoxy) is 4. The number of nitrogens with one attached hydrogen (secondary N) is 1. The third-order valence-corrected chi connectivity index (χ3v) is 17.1. The Morgan fingerprint density at radius 3 is 2.26 bits per heavy atom. The van der Waals surface area contributed by atoms with Crippen molar-refractivity contribution in [2.75, 3.05) is 64.8 Å². The van der Waals surface area contributed by atoms with E-state index >= 15 is 17.6 Å². The van der Waals surface area contributed by atoms with Crippen molar-refractivity contribution in [3.63, 3.8) is 0 Å². The first-order valence-electron chi connectivity index (χ1n) is 22.7. The predicted molar refractivity (Wildman–Crippen MR) is 243 cm³/mol. The molecule has 0 saturated heterocycles. The highest BCUT2D eigenvalue weighted by Gasteiger charge is 2.55. The standard InChI is InChI=1S/C44H64F7NO12P2S2/c1-42(2,44(49,50)51)61-20-7-19-60-36-14-13-35-33-11-9-29-24-30(10-12-31(29)32(33)15-16-43(35,36)3)64-41-39(47)37(45)34(38(46)40(41)48)25-52-17-6-22-67-68-23-21-59-18-5-8-28(26-62-65(53,54)55)27-63-66(56,57)58-4/h10,12,24,28,32-33,35-36,52H,5-9,11,13-23,25-27H2,1-4H3,(H,56,57)(H2,53,54,55). The maximum atomic E-state index is 15.3. The molecule has 0 aromatic heterocycles. The number of benzene rings is 2. The molecule has 7 unspecified atom stereocenters. The summed E-state index contributed by atoms with van der Waals surface area (Å²) in [4.78, 5) is 27.3. The van der Waals surface area contributed by atoms with E-state index in [0.717, 1.165) is 64.2 Å². The van der Waals surface area contributed by atoms with Gasteiger partial charge in [-0.1, -0.05) is 34.6 Å². The predicted octanol–water partition coefficient (Wildman–Crippen LogP) is 11.2. The van der Waals surface area contributed by atoms with Crippen LogP contribution in [0, 0.1) is 46.4 Å². The first kappa shape index (κ1) is 57.4. The van der Waals surface area contributed by atoms with Gasteiger partial charge in [0.05, 0.1) is 25.9 Å². The number of aryl methyl sites for hydroxylation is 1. The zero-order chi connectivity index (χ0) is 49.9. The largest absolute Gasteiger partial charge is 0.471 e. The van der Waals surface area contributed by atoms with E-state index in [1.54, 1.807) is 12.1 Å². The zero-order valence-corrected chi connectivity index (χ0v) is 42.1. The molecule has 0 heterocycles. The van der Waals surface area contributed by atoms with Gasteiger partial charge in [-0.3, -0.25) is 13.6 Å². The van der Waals surface area contributed by atoms with Gasteiger partial charge in [0, 0.05) is 56.5 Å². The normalized spacial score (nSPS) is 23.2. The van der Waals surface area contributed by atoms with Gasteiger partial charge < -0.3 is 38.9 Å². The van der Waals surface area contributed by atoms with Crippen molar-refractivity contribution in [2.45, 2.75) is 115 Å². The van der Waals surface area contributed by atoms with Crippen molar-refractivity contribution in [1.82, 2.24) is 5.32 Å². The monoisotopic (exact) mass is 1060 g/mol. The fraction of sp³-hybridized carbons (Fsp3) is 0.727. The van der Waals surface area contributed by atoms with E-state index in [-0.39, 0.29) is 36.4 Å². The fourth-order valence-corrected chi connectivity index (χ4v) is 12.3. The molecule has 4 N–H and O–H groups in total. The lowest BCUT2D eigenvalue weighted by Gasteiger charge is -2.50. The molecule has 0 aliphatic heterocycles. The Kier molecular flexibility index (Phi) is 21.5. The first-order valence-corrected chi connectivity index (χ1v) is 28.2. The van der Waals surface area contributed by atoms with Crippen LogP contribution < -0.4 is 10.1 Å². The van der Waals surface area contributed by atoms with Crippen LogP contribution in [0.3, 0.4) is 0 Å². The SMILES string of the molecule is COP(=O)(O)OCC(CCCOCCSSCCCNCc1c(F)c(F)c(Oc2ccc3c(c2)CCC2C3CCC3(C)C(OCCCOC(C)(C)C(F)(F)F)CCC23)c(F)c1F)COP(=O)(O)O. The number of phosphoric ester groups is 2. The molecule has 2 aromatic rings. The average Bonchev–Trinajstić information content (AvgIpc) is 3.62. The summed E-state index contributed by atoms with van der Waals surface area (Å²) >= 11 is 0. The van der Waals surface area contributed by atoms with Crippen LogP contribution in [-0.2, 0) is 49.9 Å². The van der Waals surface area contributed by atoms with E-state index in [0.29, 0.717) is 81.8 Å². The number of halogens is 7. The Morgan fingerprint density at radius 2 is 1.57 bits per heavy atom. The quantitative estimate of drug-likeness (QED) is 0.0199. The van der Waals surface area contributed by atoms with E-state index < -0.39 is 81.1 Å². The Hall–Kier alpha value is -1.49. The maximum absolute atomic E-state index is 15.3. The molecule has 68 heavy (non-hydrogen) atoms. The molecule has 5 rings (SSSR count). The van der Waals surface area contributed by atoms with Crippen LogP contribution in [0.5, 0.6) is 11.5 Å². The number of alkyl halides is 3. The fourth-order valence-electron chi connectivity index (χ4n) is 9.49. The van der Waals surface area contributed by atoms with Gasteiger partial charge >= 0.3 is 21.8 Å². The van der Waals surface area contributed by atoms with Crippen molar-refractivity contribution in [3.05, 3.63) is 58.2 Å². The van der Waals surface area contributed by atoms with Crippen LogP contribution in [-0.4, -0.2) is 97.4 Å². The van der Waals surface area contributed by atoms with Crippen LogP contribution in [0.25, 0.3) is 0 Å². The van der Waals surface area contributed by atoms with Crippen LogP contribution in [0.15, 0.2) is 18.2 Å². The Labute approximate surface area is 401 Å². The molecule has 3 aliphatic carbocycles. The Bertz CT molecular complexity index is 2030. The van der Waals surface area contributed by atoms with Crippen LogP contribution >= 0.6 is 37.2 Å². The number of rotatable bonds is 29. The van der Waals surface area contributed by atoms with E-state index in [9.17, 15) is 27.2 Å². The Balaban J connectivity index is 1.00. The highest BCUT2D eigenvalue weighted by molar-refractivity contribution is 8.76. The Morgan fingerprint density at radius 1 is 0.868 bits per heavy atom. The summed E-state index contributed by atoms with van der Waals surface area (Å²) in [6.45, 7) is 4.38. The number of hydrogen-bond acceptors (Lipinski definition) is 12. The smallest absolute Gasteiger partial charge is 0.451 e. The van der Waals surface area contributed by atoms with E-state index in [1.165, 1.54) is 21.6 Å². The lowest BCUT2D eigenvalue weighted by molar-refractivity contribution is -0.264. The van der Waals surface area contributed by atoms with Crippen molar-refractivity contribution in [2.24, 2.45) is 23.2 Å². The summed E-state index contributed by atoms with van der Waals surface area (Å²) in [7, 11) is -4.97. The molecule has 24 heteroatoms. The average molecular weight is 1060 g/mol. The van der Waals surface area contributed by atoms with E-state index in [2.05, 4.69) is 21.3 Å². The molecule has 3 aliphatic rings. The third kappa shape index (κ3) is 15.8. The molecule has 0 spiro atoms. The van der Waals surface area contributed by atoms with Crippen LogP contribution in [0.2, 0.25) is 0 Å². The molecule has 0 bridgehead atoms. The minimum Gasteiger partial charge on any atom is -0.451 e. The molecule has 0 amide bonds. The second kappa shape index (κ2) is 25.4. The van der Waals surface area contributed by atoms with Crippen molar-refractivity contribution < 1.29 is 87.1 Å². The summed E-state index contributed by atoms with van der Waals surface area (Å²) < 4.78 is 159. The van der Waals surface area contributed by atoms with E-state index in [4.69, 9.17) is 33.3 Å². The van der Waals surface area contributed by atoms with Crippen molar-refractivity contribution in [3.8, 4) is 11.5 Å². The van der Waals surface area contributed by atoms with Gasteiger partial charge in [-0.05, 0) is 131 Å². The molecule has 2 aromatic carbocycles. The van der Waals surface area contributed by atoms with Crippen molar-refractivity contribution in [1.29, 1.82) is 0 Å². The van der Waals surface area contributed by atoms with Gasteiger partial charge in [-0.2, -0.15) is 22.0 Å². The van der Waals surface area contributed by atoms with Crippen LogP contribution in [0.1, 0.15) is 101 Å². The second-order valence-corrected chi connectivity index (χ2v) is 23.7. The summed E-state index contributed by atoms with van der Waals surface area (Å²) in [6.07, 6.45) is 2.45. The zero-order valence-electron chi connectivity index (χ0n) is 38.6. The second-order valence-electron chi connectivity index (χ2n) is 18.2. The van der Waals surface area contributed by atoms with Crippen LogP contribution in [0.4, 0.5) is 30.7 Å². The first-order chi connectivity index (χ1) is 32.0. The van der Waals surface area contributed by atoms with Crippen molar-refractivity contribution >= 4 is 37.2 Å². The molecular weight excluding hydrogens is 994 g/mol. The number of fused-ring (bicyclic) bond motifs is 5.